The van der Waals surface area contributed by atoms with Crippen LogP contribution in [0.4, 0.5) is 5.69 Å². The minimum absolute atomic E-state index is 0.160. The van der Waals surface area contributed by atoms with Crippen molar-refractivity contribution in [3.8, 4) is 0 Å². The Morgan fingerprint density at radius 2 is 1.83 bits per heavy atom. The summed E-state index contributed by atoms with van der Waals surface area (Å²) in [7, 11) is -3.26. The number of nitrogen functional groups attached to an aromatic ring is 1. The number of nitrogens with two attached hydrogens (primary N) is 1. The Bertz CT molecular complexity index is 513. The van der Waals surface area contributed by atoms with Crippen molar-refractivity contribution in [2.45, 2.75) is 45.4 Å². The number of aryl methyl sites for hydroxylation is 1. The number of anilines is 1. The fourth-order valence-corrected chi connectivity index (χ4v) is 3.35. The van der Waals surface area contributed by atoms with Crippen molar-refractivity contribution in [1.29, 1.82) is 0 Å². The second-order valence-electron chi connectivity index (χ2n) is 6.02. The summed E-state index contributed by atoms with van der Waals surface area (Å²) in [4.78, 5) is 0.274. The molecule has 0 bridgehead atoms. The molecule has 0 saturated carbocycles. The van der Waals surface area contributed by atoms with Crippen molar-refractivity contribution in [2.24, 2.45) is 5.41 Å². The molecule has 0 unspecified atom stereocenters. The molecule has 0 radical (unpaired) electrons. The first-order chi connectivity index (χ1) is 8.12. The zero-order valence-corrected chi connectivity index (χ0v) is 12.5. The number of hydrogen-bond donors (Lipinski definition) is 1. The molecular formula is C14H23NO2S. The third kappa shape index (κ3) is 4.33. The summed E-state index contributed by atoms with van der Waals surface area (Å²) in [5, 5.41) is 0. The van der Waals surface area contributed by atoms with Gasteiger partial charge in [0, 0.05) is 0 Å². The Kier molecular flexibility index (Phi) is 4.43. The zero-order valence-electron chi connectivity index (χ0n) is 11.7. The maximum atomic E-state index is 12.2. The monoisotopic (exact) mass is 269 g/mol. The average molecular weight is 269 g/mol. The van der Waals surface area contributed by atoms with E-state index in [1.165, 1.54) is 0 Å². The lowest BCUT2D eigenvalue weighted by atomic mass is 9.91. The molecule has 1 aromatic rings. The fraction of sp³-hybridized carbons (Fsp3) is 0.571. The number of hydrogen-bond acceptors (Lipinski definition) is 3. The molecular weight excluding hydrogens is 246 g/mol. The molecule has 0 fully saturated rings. The molecule has 0 saturated heterocycles. The van der Waals surface area contributed by atoms with E-state index in [0.29, 0.717) is 12.1 Å². The van der Waals surface area contributed by atoms with Gasteiger partial charge >= 0.3 is 0 Å². The molecule has 3 nitrogen and oxygen atoms in total. The summed E-state index contributed by atoms with van der Waals surface area (Å²) in [5.74, 6) is 0.165. The van der Waals surface area contributed by atoms with Gasteiger partial charge in [-0.2, -0.15) is 0 Å². The highest BCUT2D eigenvalue weighted by atomic mass is 32.2. The van der Waals surface area contributed by atoms with Crippen LogP contribution in [0.1, 0.15) is 39.2 Å². The fourth-order valence-electron chi connectivity index (χ4n) is 1.81. The normalized spacial score (nSPS) is 12.7. The van der Waals surface area contributed by atoms with Gasteiger partial charge in [0.05, 0.1) is 16.3 Å². The van der Waals surface area contributed by atoms with Crippen LogP contribution in [0.15, 0.2) is 23.1 Å². The van der Waals surface area contributed by atoms with E-state index >= 15 is 0 Å². The predicted molar refractivity (Wildman–Crippen MR) is 76.3 cm³/mol. The summed E-state index contributed by atoms with van der Waals surface area (Å²) in [6, 6.07) is 5.14. The first kappa shape index (κ1) is 15.0. The quantitative estimate of drug-likeness (QED) is 0.854. The third-order valence-electron chi connectivity index (χ3n) is 2.84. The average Bonchev–Trinajstić information content (AvgIpc) is 2.19. The smallest absolute Gasteiger partial charge is 0.180 e. The van der Waals surface area contributed by atoms with Gasteiger partial charge in [0.1, 0.15) is 0 Å². The van der Waals surface area contributed by atoms with E-state index in [1.807, 2.05) is 13.0 Å². The van der Waals surface area contributed by atoms with Crippen LogP contribution in [-0.2, 0) is 9.84 Å². The van der Waals surface area contributed by atoms with Crippen LogP contribution < -0.4 is 5.73 Å². The van der Waals surface area contributed by atoms with Gasteiger partial charge in [0.25, 0.3) is 0 Å². The van der Waals surface area contributed by atoms with Crippen LogP contribution in [0.2, 0.25) is 0 Å². The highest BCUT2D eigenvalue weighted by molar-refractivity contribution is 7.91. The Balaban J connectivity index is 2.84. The van der Waals surface area contributed by atoms with Crippen LogP contribution in [-0.4, -0.2) is 14.2 Å². The largest absolute Gasteiger partial charge is 0.398 e. The van der Waals surface area contributed by atoms with Gasteiger partial charge in [0.15, 0.2) is 9.84 Å². The highest BCUT2D eigenvalue weighted by Crippen LogP contribution is 2.25. The van der Waals surface area contributed by atoms with Crippen LogP contribution in [0.3, 0.4) is 0 Å². The molecule has 4 heteroatoms. The highest BCUT2D eigenvalue weighted by Gasteiger charge is 2.19. The molecule has 0 atom stereocenters. The van der Waals surface area contributed by atoms with Gasteiger partial charge in [0.2, 0.25) is 0 Å². The van der Waals surface area contributed by atoms with E-state index in [-0.39, 0.29) is 16.1 Å². The minimum atomic E-state index is -3.26. The van der Waals surface area contributed by atoms with E-state index in [1.54, 1.807) is 12.1 Å². The predicted octanol–water partition coefficient (Wildman–Crippen LogP) is 3.18. The number of sulfone groups is 1. The molecule has 0 aliphatic rings. The molecule has 1 rings (SSSR count). The van der Waals surface area contributed by atoms with Gasteiger partial charge in [-0.1, -0.05) is 26.8 Å². The van der Waals surface area contributed by atoms with Crippen molar-refractivity contribution >= 4 is 15.5 Å². The standard InChI is InChI=1S/C14H23NO2S/c1-11-6-7-12(15)13(10-11)18(16,17)9-5-8-14(2,3)4/h6-7,10H,5,8-9,15H2,1-4H3. The SMILES string of the molecule is Cc1ccc(N)c(S(=O)(=O)CCCC(C)(C)C)c1. The van der Waals surface area contributed by atoms with Gasteiger partial charge < -0.3 is 5.73 Å². The van der Waals surface area contributed by atoms with Crippen molar-refractivity contribution in [2.75, 3.05) is 11.5 Å². The first-order valence-corrected chi connectivity index (χ1v) is 7.86. The molecule has 0 spiro atoms. The second kappa shape index (κ2) is 5.31. The van der Waals surface area contributed by atoms with Crippen molar-refractivity contribution in [3.05, 3.63) is 23.8 Å². The van der Waals surface area contributed by atoms with Crippen LogP contribution in [0.5, 0.6) is 0 Å². The van der Waals surface area contributed by atoms with E-state index in [0.717, 1.165) is 12.0 Å². The van der Waals surface area contributed by atoms with E-state index in [4.69, 9.17) is 5.73 Å². The van der Waals surface area contributed by atoms with Gasteiger partial charge in [-0.15, -0.1) is 0 Å². The Hall–Kier alpha value is -1.03. The molecule has 102 valence electrons. The third-order valence-corrected chi connectivity index (χ3v) is 4.69. The molecule has 18 heavy (non-hydrogen) atoms. The molecule has 1 aromatic carbocycles. The van der Waals surface area contributed by atoms with Gasteiger partial charge in [-0.05, 0) is 42.9 Å². The van der Waals surface area contributed by atoms with Crippen molar-refractivity contribution < 1.29 is 8.42 Å². The summed E-state index contributed by atoms with van der Waals surface area (Å²) in [5.41, 5.74) is 7.17. The summed E-state index contributed by atoms with van der Waals surface area (Å²) in [6.45, 7) is 8.20. The second-order valence-corrected chi connectivity index (χ2v) is 8.10. The molecule has 0 amide bonds. The molecule has 0 aromatic heterocycles. The van der Waals surface area contributed by atoms with Crippen molar-refractivity contribution in [1.82, 2.24) is 0 Å². The van der Waals surface area contributed by atoms with E-state index in [9.17, 15) is 8.42 Å². The molecule has 0 aliphatic heterocycles. The van der Waals surface area contributed by atoms with Crippen LogP contribution in [0, 0.1) is 12.3 Å². The maximum absolute atomic E-state index is 12.2. The van der Waals surface area contributed by atoms with Crippen LogP contribution >= 0.6 is 0 Å². The summed E-state index contributed by atoms with van der Waals surface area (Å²) < 4.78 is 24.4. The number of benzene rings is 1. The van der Waals surface area contributed by atoms with Gasteiger partial charge in [-0.3, -0.25) is 0 Å². The lowest BCUT2D eigenvalue weighted by molar-refractivity contribution is 0.373. The number of rotatable bonds is 4. The van der Waals surface area contributed by atoms with Gasteiger partial charge in [-0.25, -0.2) is 8.42 Å². The molecule has 2 N–H and O–H groups in total. The summed E-state index contributed by atoms with van der Waals surface area (Å²) >= 11 is 0. The minimum Gasteiger partial charge on any atom is -0.398 e. The van der Waals surface area contributed by atoms with Crippen molar-refractivity contribution in [3.63, 3.8) is 0 Å². The lowest BCUT2D eigenvalue weighted by Crippen LogP contribution is -2.13. The Labute approximate surface area is 110 Å². The zero-order chi connectivity index (χ0) is 14.0. The van der Waals surface area contributed by atoms with E-state index in [2.05, 4.69) is 20.8 Å². The maximum Gasteiger partial charge on any atom is 0.180 e. The van der Waals surface area contributed by atoms with E-state index < -0.39 is 9.84 Å². The lowest BCUT2D eigenvalue weighted by Gasteiger charge is -2.17. The first-order valence-electron chi connectivity index (χ1n) is 6.21. The summed E-state index contributed by atoms with van der Waals surface area (Å²) in [6.07, 6.45) is 1.55. The Morgan fingerprint density at radius 3 is 2.39 bits per heavy atom. The molecule has 0 heterocycles. The Morgan fingerprint density at radius 1 is 1.22 bits per heavy atom. The molecule has 0 aliphatic carbocycles. The van der Waals surface area contributed by atoms with Crippen LogP contribution in [0.25, 0.3) is 0 Å². The topological polar surface area (TPSA) is 60.2 Å².